The van der Waals surface area contributed by atoms with Crippen LogP contribution >= 0.6 is 0 Å². The number of aryl methyl sites for hydroxylation is 1. The van der Waals surface area contributed by atoms with Gasteiger partial charge in [0.15, 0.2) is 11.5 Å². The van der Waals surface area contributed by atoms with Crippen LogP contribution in [0.1, 0.15) is 29.7 Å². The number of rotatable bonds is 3. The summed E-state index contributed by atoms with van der Waals surface area (Å²) >= 11 is 0. The van der Waals surface area contributed by atoms with Gasteiger partial charge in [-0.15, -0.1) is 0 Å². The number of ether oxygens (including phenoxy) is 2. The summed E-state index contributed by atoms with van der Waals surface area (Å²) in [6.45, 7) is 2.15. The topological polar surface area (TPSA) is 71.5 Å². The molecule has 5 nitrogen and oxygen atoms in total. The second-order valence-corrected chi connectivity index (χ2v) is 5.84. The first kappa shape index (κ1) is 14.8. The molecule has 2 heterocycles. The van der Waals surface area contributed by atoms with Crippen molar-refractivity contribution in [3.63, 3.8) is 0 Å². The highest BCUT2D eigenvalue weighted by molar-refractivity contribution is 5.80. The van der Waals surface area contributed by atoms with E-state index >= 15 is 0 Å². The third-order valence-electron chi connectivity index (χ3n) is 4.35. The summed E-state index contributed by atoms with van der Waals surface area (Å²) in [7, 11) is 0. The zero-order chi connectivity index (χ0) is 16.7. The molecule has 1 aromatic heterocycles. The van der Waals surface area contributed by atoms with Crippen molar-refractivity contribution < 1.29 is 14.6 Å². The van der Waals surface area contributed by atoms with Gasteiger partial charge in [0.25, 0.3) is 5.56 Å². The minimum absolute atomic E-state index is 0.0610. The van der Waals surface area contributed by atoms with Crippen molar-refractivity contribution >= 4 is 10.9 Å². The van der Waals surface area contributed by atoms with E-state index < -0.39 is 6.10 Å². The Morgan fingerprint density at radius 1 is 1.08 bits per heavy atom. The summed E-state index contributed by atoms with van der Waals surface area (Å²) in [5.41, 5.74) is 2.93. The molecule has 122 valence electrons. The molecule has 2 N–H and O–H groups in total. The highest BCUT2D eigenvalue weighted by Gasteiger charge is 2.18. The van der Waals surface area contributed by atoms with E-state index in [1.54, 1.807) is 12.1 Å². The molecule has 1 unspecified atom stereocenters. The van der Waals surface area contributed by atoms with Gasteiger partial charge >= 0.3 is 0 Å². The molecule has 1 aliphatic heterocycles. The molecule has 0 spiro atoms. The molecule has 0 bridgehead atoms. The highest BCUT2D eigenvalue weighted by Crippen LogP contribution is 2.35. The van der Waals surface area contributed by atoms with Crippen LogP contribution in [-0.4, -0.2) is 16.9 Å². The predicted octanol–water partition coefficient (Wildman–Crippen LogP) is 2.90. The second kappa shape index (κ2) is 5.69. The van der Waals surface area contributed by atoms with Crippen molar-refractivity contribution in [1.82, 2.24) is 4.98 Å². The van der Waals surface area contributed by atoms with Gasteiger partial charge in [-0.2, -0.15) is 0 Å². The number of fused-ring (bicyclic) bond motifs is 2. The fraction of sp³-hybridized carbons (Fsp3) is 0.211. The number of hydrogen-bond acceptors (Lipinski definition) is 4. The van der Waals surface area contributed by atoms with Gasteiger partial charge in [0.1, 0.15) is 6.10 Å². The van der Waals surface area contributed by atoms with Crippen molar-refractivity contribution in [2.45, 2.75) is 19.4 Å². The van der Waals surface area contributed by atoms with Gasteiger partial charge in [0.05, 0.1) is 0 Å². The molecule has 1 aliphatic rings. The first-order valence-corrected chi connectivity index (χ1v) is 7.89. The molecule has 1 atom stereocenters. The zero-order valence-corrected chi connectivity index (χ0v) is 13.2. The van der Waals surface area contributed by atoms with E-state index in [1.165, 1.54) is 0 Å². The van der Waals surface area contributed by atoms with E-state index in [0.29, 0.717) is 17.9 Å². The molecule has 0 aliphatic carbocycles. The van der Waals surface area contributed by atoms with Gasteiger partial charge in [0, 0.05) is 11.1 Å². The van der Waals surface area contributed by atoms with Crippen LogP contribution in [0, 0.1) is 0 Å². The number of aromatic amines is 1. The maximum Gasteiger partial charge on any atom is 0.251 e. The molecule has 4 rings (SSSR count). The number of H-pyrrole nitrogens is 1. The van der Waals surface area contributed by atoms with Crippen LogP contribution in [0.4, 0.5) is 0 Å². The zero-order valence-electron chi connectivity index (χ0n) is 13.2. The molecule has 0 radical (unpaired) electrons. The average molecular weight is 323 g/mol. The first-order valence-electron chi connectivity index (χ1n) is 7.89. The lowest BCUT2D eigenvalue weighted by molar-refractivity contribution is 0.173. The lowest BCUT2D eigenvalue weighted by Gasteiger charge is -2.13. The van der Waals surface area contributed by atoms with Crippen LogP contribution in [0.2, 0.25) is 0 Å². The maximum absolute atomic E-state index is 11.9. The summed E-state index contributed by atoms with van der Waals surface area (Å²) in [6, 6.07) is 12.8. The Morgan fingerprint density at radius 3 is 2.67 bits per heavy atom. The van der Waals surface area contributed by atoms with Crippen molar-refractivity contribution in [3.8, 4) is 11.5 Å². The average Bonchev–Trinajstić information content (AvgIpc) is 3.07. The Morgan fingerprint density at radius 2 is 1.83 bits per heavy atom. The minimum atomic E-state index is -0.777. The van der Waals surface area contributed by atoms with Crippen molar-refractivity contribution in [2.24, 2.45) is 0 Å². The molecule has 24 heavy (non-hydrogen) atoms. The molecular weight excluding hydrogens is 306 g/mol. The SMILES string of the molecule is CCc1cc2cc(C(O)c3ccc4c(c3)OCO4)ccc2[nH]c1=O. The molecule has 2 aromatic carbocycles. The van der Waals surface area contributed by atoms with Crippen molar-refractivity contribution in [3.05, 3.63) is 69.5 Å². The summed E-state index contributed by atoms with van der Waals surface area (Å²) in [5, 5.41) is 11.6. The predicted molar refractivity (Wildman–Crippen MR) is 90.6 cm³/mol. The van der Waals surface area contributed by atoms with Gasteiger partial charge in [-0.3, -0.25) is 4.79 Å². The second-order valence-electron chi connectivity index (χ2n) is 5.84. The van der Waals surface area contributed by atoms with Crippen LogP contribution in [-0.2, 0) is 6.42 Å². The molecule has 3 aromatic rings. The summed E-state index contributed by atoms with van der Waals surface area (Å²) < 4.78 is 10.7. The number of pyridine rings is 1. The number of benzene rings is 2. The summed E-state index contributed by atoms with van der Waals surface area (Å²) in [5.74, 6) is 1.33. The van der Waals surface area contributed by atoms with Gasteiger partial charge in [-0.05, 0) is 53.3 Å². The number of hydrogen-bond donors (Lipinski definition) is 2. The maximum atomic E-state index is 11.9. The molecule has 0 amide bonds. The molecule has 0 saturated carbocycles. The Labute approximate surface area is 138 Å². The normalized spacial score (nSPS) is 14.1. The lowest BCUT2D eigenvalue weighted by Crippen LogP contribution is -2.11. The monoisotopic (exact) mass is 323 g/mol. The van der Waals surface area contributed by atoms with E-state index in [-0.39, 0.29) is 12.4 Å². The van der Waals surface area contributed by atoms with Crippen LogP contribution in [0.25, 0.3) is 10.9 Å². The molecule has 0 fully saturated rings. The Bertz CT molecular complexity index is 977. The molecular formula is C19H17NO4. The summed E-state index contributed by atoms with van der Waals surface area (Å²) in [4.78, 5) is 14.8. The van der Waals surface area contributed by atoms with E-state index in [9.17, 15) is 9.90 Å². The first-order chi connectivity index (χ1) is 11.7. The van der Waals surface area contributed by atoms with Crippen molar-refractivity contribution in [2.75, 3.05) is 6.79 Å². The highest BCUT2D eigenvalue weighted by atomic mass is 16.7. The third kappa shape index (κ3) is 2.43. The third-order valence-corrected chi connectivity index (χ3v) is 4.35. The Balaban J connectivity index is 1.75. The number of aliphatic hydroxyl groups is 1. The fourth-order valence-corrected chi connectivity index (χ4v) is 2.98. The van der Waals surface area contributed by atoms with Gasteiger partial charge in [-0.25, -0.2) is 0 Å². The minimum Gasteiger partial charge on any atom is -0.454 e. The van der Waals surface area contributed by atoms with E-state index in [1.807, 2.05) is 37.3 Å². The largest absolute Gasteiger partial charge is 0.454 e. The Hall–Kier alpha value is -2.79. The van der Waals surface area contributed by atoms with Gasteiger partial charge in [0.2, 0.25) is 6.79 Å². The van der Waals surface area contributed by atoms with Gasteiger partial charge in [-0.1, -0.05) is 19.1 Å². The van der Waals surface area contributed by atoms with E-state index in [4.69, 9.17) is 9.47 Å². The van der Waals surface area contributed by atoms with E-state index in [2.05, 4.69) is 4.98 Å². The standard InChI is InChI=1S/C19H17NO4/c1-2-11-7-14-8-12(3-5-15(14)20-19(11)22)18(21)13-4-6-16-17(9-13)24-10-23-16/h3-9,18,21H,2,10H2,1H3,(H,20,22). The fourth-order valence-electron chi connectivity index (χ4n) is 2.98. The summed E-state index contributed by atoms with van der Waals surface area (Å²) in [6.07, 6.45) is -0.110. The smallest absolute Gasteiger partial charge is 0.251 e. The quantitative estimate of drug-likeness (QED) is 0.777. The lowest BCUT2D eigenvalue weighted by atomic mass is 9.99. The van der Waals surface area contributed by atoms with Crippen LogP contribution in [0.3, 0.4) is 0 Å². The van der Waals surface area contributed by atoms with Crippen LogP contribution in [0.5, 0.6) is 11.5 Å². The van der Waals surface area contributed by atoms with Crippen LogP contribution in [0.15, 0.2) is 47.3 Å². The number of aliphatic hydroxyl groups excluding tert-OH is 1. The van der Waals surface area contributed by atoms with E-state index in [0.717, 1.165) is 27.6 Å². The molecule has 5 heteroatoms. The van der Waals surface area contributed by atoms with Crippen molar-refractivity contribution in [1.29, 1.82) is 0 Å². The number of aromatic nitrogens is 1. The van der Waals surface area contributed by atoms with Crippen LogP contribution < -0.4 is 15.0 Å². The van der Waals surface area contributed by atoms with Gasteiger partial charge < -0.3 is 19.6 Å². The molecule has 0 saturated heterocycles. The Kier molecular flexibility index (Phi) is 3.50. The number of nitrogens with one attached hydrogen (secondary N) is 1.